The fourth-order valence-corrected chi connectivity index (χ4v) is 1.68. The smallest absolute Gasteiger partial charge is 0.262 e. The van der Waals surface area contributed by atoms with E-state index in [1.807, 2.05) is 0 Å². The maximum Gasteiger partial charge on any atom is 0.262 e. The van der Waals surface area contributed by atoms with Crippen LogP contribution in [0, 0.1) is 5.82 Å². The van der Waals surface area contributed by atoms with Crippen LogP contribution in [0.15, 0.2) is 29.1 Å². The Morgan fingerprint density at radius 3 is 2.67 bits per heavy atom. The van der Waals surface area contributed by atoms with Gasteiger partial charge in [-0.15, -0.1) is 11.6 Å². The van der Waals surface area contributed by atoms with E-state index in [0.717, 1.165) is 0 Å². The molecule has 2 N–H and O–H groups in total. The number of aromatic hydroxyl groups is 1. The van der Waals surface area contributed by atoms with E-state index in [1.54, 1.807) is 13.0 Å². The quantitative estimate of drug-likeness (QED) is 0.823. The fourth-order valence-electron chi connectivity index (χ4n) is 1.57. The van der Waals surface area contributed by atoms with Crippen LogP contribution in [-0.2, 0) is 0 Å². The third-order valence-electron chi connectivity index (χ3n) is 2.44. The SMILES string of the molecule is CC(Cl)c1nc(O)c(-c2ccccc2F)c(=O)[nH]1. The second-order valence-electron chi connectivity index (χ2n) is 3.75. The third-order valence-corrected chi connectivity index (χ3v) is 2.65. The van der Waals surface area contributed by atoms with Crippen molar-refractivity contribution in [2.24, 2.45) is 0 Å². The second-order valence-corrected chi connectivity index (χ2v) is 4.40. The van der Waals surface area contributed by atoms with Crippen LogP contribution in [0.1, 0.15) is 18.1 Å². The number of alkyl halides is 1. The van der Waals surface area contributed by atoms with Gasteiger partial charge in [-0.05, 0) is 13.0 Å². The molecule has 0 fully saturated rings. The Kier molecular flexibility index (Phi) is 3.34. The lowest BCUT2D eigenvalue weighted by Gasteiger charge is -2.07. The van der Waals surface area contributed by atoms with Crippen molar-refractivity contribution >= 4 is 11.6 Å². The van der Waals surface area contributed by atoms with E-state index in [-0.39, 0.29) is 17.0 Å². The van der Waals surface area contributed by atoms with Gasteiger partial charge in [0.2, 0.25) is 5.88 Å². The molecule has 0 bridgehead atoms. The molecule has 0 aliphatic heterocycles. The molecule has 0 radical (unpaired) electrons. The summed E-state index contributed by atoms with van der Waals surface area (Å²) in [4.78, 5) is 18.0. The molecule has 0 saturated heterocycles. The minimum Gasteiger partial charge on any atom is -0.493 e. The number of H-pyrrole nitrogens is 1. The van der Waals surface area contributed by atoms with Crippen molar-refractivity contribution in [3.05, 3.63) is 46.3 Å². The van der Waals surface area contributed by atoms with Crippen LogP contribution >= 0.6 is 11.6 Å². The predicted octanol–water partition coefficient (Wildman–Crippen LogP) is 2.58. The Bertz CT molecular complexity index is 640. The molecule has 1 aromatic carbocycles. The van der Waals surface area contributed by atoms with E-state index in [4.69, 9.17) is 11.6 Å². The van der Waals surface area contributed by atoms with Gasteiger partial charge in [0.1, 0.15) is 17.2 Å². The highest BCUT2D eigenvalue weighted by molar-refractivity contribution is 6.20. The average molecular weight is 269 g/mol. The highest BCUT2D eigenvalue weighted by Crippen LogP contribution is 2.27. The van der Waals surface area contributed by atoms with Crippen LogP contribution < -0.4 is 5.56 Å². The predicted molar refractivity (Wildman–Crippen MR) is 66.2 cm³/mol. The molecule has 1 atom stereocenters. The Morgan fingerprint density at radius 2 is 2.11 bits per heavy atom. The third kappa shape index (κ3) is 2.22. The van der Waals surface area contributed by atoms with Gasteiger partial charge >= 0.3 is 0 Å². The zero-order valence-corrected chi connectivity index (χ0v) is 10.2. The molecule has 18 heavy (non-hydrogen) atoms. The Hall–Kier alpha value is -1.88. The number of hydrogen-bond donors (Lipinski definition) is 2. The van der Waals surface area contributed by atoms with E-state index in [0.29, 0.717) is 0 Å². The van der Waals surface area contributed by atoms with Gasteiger partial charge in [0, 0.05) is 5.56 Å². The Balaban J connectivity index is 2.67. The number of nitrogens with zero attached hydrogens (tertiary/aromatic N) is 1. The minimum absolute atomic E-state index is 0.00229. The molecule has 1 unspecified atom stereocenters. The van der Waals surface area contributed by atoms with Gasteiger partial charge in [0.25, 0.3) is 5.56 Å². The van der Waals surface area contributed by atoms with Crippen LogP contribution in [0.2, 0.25) is 0 Å². The summed E-state index contributed by atoms with van der Waals surface area (Å²) in [6, 6.07) is 5.65. The lowest BCUT2D eigenvalue weighted by molar-refractivity contribution is 0.449. The molecule has 0 aliphatic carbocycles. The van der Waals surface area contributed by atoms with E-state index in [1.165, 1.54) is 18.2 Å². The number of halogens is 2. The summed E-state index contributed by atoms with van der Waals surface area (Å²) in [6.45, 7) is 1.60. The molecule has 0 aliphatic rings. The normalized spacial score (nSPS) is 12.4. The summed E-state index contributed by atoms with van der Waals surface area (Å²) < 4.78 is 13.6. The first kappa shape index (κ1) is 12.6. The van der Waals surface area contributed by atoms with Crippen molar-refractivity contribution < 1.29 is 9.50 Å². The van der Waals surface area contributed by atoms with Gasteiger partial charge in [-0.1, -0.05) is 18.2 Å². The number of aromatic amines is 1. The number of hydrogen-bond acceptors (Lipinski definition) is 3. The van der Waals surface area contributed by atoms with E-state index < -0.39 is 22.6 Å². The first-order chi connectivity index (χ1) is 8.50. The topological polar surface area (TPSA) is 66.0 Å². The zero-order valence-electron chi connectivity index (χ0n) is 9.45. The highest BCUT2D eigenvalue weighted by atomic mass is 35.5. The molecule has 94 valence electrons. The van der Waals surface area contributed by atoms with E-state index in [9.17, 15) is 14.3 Å². The van der Waals surface area contributed by atoms with Gasteiger partial charge in [-0.2, -0.15) is 4.98 Å². The molecule has 0 amide bonds. The first-order valence-electron chi connectivity index (χ1n) is 5.23. The summed E-state index contributed by atoms with van der Waals surface area (Å²) in [5, 5.41) is 9.19. The van der Waals surface area contributed by atoms with Gasteiger partial charge in [-0.25, -0.2) is 4.39 Å². The lowest BCUT2D eigenvalue weighted by atomic mass is 10.1. The van der Waals surface area contributed by atoms with Crippen molar-refractivity contribution in [1.29, 1.82) is 0 Å². The van der Waals surface area contributed by atoms with Gasteiger partial charge < -0.3 is 10.1 Å². The van der Waals surface area contributed by atoms with Crippen LogP contribution in [0.4, 0.5) is 4.39 Å². The monoisotopic (exact) mass is 268 g/mol. The maximum atomic E-state index is 13.6. The second kappa shape index (κ2) is 4.78. The molecule has 0 saturated carbocycles. The Labute approximate surface area is 107 Å². The molecule has 1 aromatic heterocycles. The number of nitrogens with one attached hydrogen (secondary N) is 1. The highest BCUT2D eigenvalue weighted by Gasteiger charge is 2.17. The summed E-state index contributed by atoms with van der Waals surface area (Å²) in [6.07, 6.45) is 0. The molecule has 1 heterocycles. The van der Waals surface area contributed by atoms with Crippen molar-refractivity contribution in [1.82, 2.24) is 9.97 Å². The van der Waals surface area contributed by atoms with Crippen molar-refractivity contribution in [2.75, 3.05) is 0 Å². The largest absolute Gasteiger partial charge is 0.493 e. The van der Waals surface area contributed by atoms with Crippen molar-refractivity contribution in [3.63, 3.8) is 0 Å². The van der Waals surface area contributed by atoms with E-state index in [2.05, 4.69) is 9.97 Å². The summed E-state index contributed by atoms with van der Waals surface area (Å²) in [7, 11) is 0. The van der Waals surface area contributed by atoms with Gasteiger partial charge in [0.05, 0.1) is 5.38 Å². The first-order valence-corrected chi connectivity index (χ1v) is 5.66. The Morgan fingerprint density at radius 1 is 1.44 bits per heavy atom. The number of aromatic nitrogens is 2. The fraction of sp³-hybridized carbons (Fsp3) is 0.167. The van der Waals surface area contributed by atoms with Gasteiger partial charge in [0.15, 0.2) is 0 Å². The van der Waals surface area contributed by atoms with Crippen LogP contribution in [-0.4, -0.2) is 15.1 Å². The van der Waals surface area contributed by atoms with E-state index >= 15 is 0 Å². The zero-order chi connectivity index (χ0) is 13.3. The molecule has 2 aromatic rings. The molecular formula is C12H10ClFN2O2. The standard InChI is InChI=1S/C12H10ClFN2O2/c1-6(13)10-15-11(17)9(12(18)16-10)7-4-2-3-5-8(7)14/h2-6H,1H3,(H2,15,16,17,18). The molecule has 6 heteroatoms. The minimum atomic E-state index is -0.630. The number of rotatable bonds is 2. The van der Waals surface area contributed by atoms with Crippen LogP contribution in [0.3, 0.4) is 0 Å². The molecular weight excluding hydrogens is 259 g/mol. The van der Waals surface area contributed by atoms with Crippen LogP contribution in [0.5, 0.6) is 5.88 Å². The summed E-state index contributed by atoms with van der Waals surface area (Å²) >= 11 is 5.76. The summed E-state index contributed by atoms with van der Waals surface area (Å²) in [5.74, 6) is -1.00. The molecule has 0 spiro atoms. The van der Waals surface area contributed by atoms with Crippen molar-refractivity contribution in [2.45, 2.75) is 12.3 Å². The number of benzene rings is 1. The van der Waals surface area contributed by atoms with Crippen molar-refractivity contribution in [3.8, 4) is 17.0 Å². The maximum absolute atomic E-state index is 13.6. The molecule has 4 nitrogen and oxygen atoms in total. The molecule has 2 rings (SSSR count). The lowest BCUT2D eigenvalue weighted by Crippen LogP contribution is -2.14. The average Bonchev–Trinajstić information content (AvgIpc) is 2.30. The van der Waals surface area contributed by atoms with Gasteiger partial charge in [-0.3, -0.25) is 4.79 Å². The van der Waals surface area contributed by atoms with Crippen LogP contribution in [0.25, 0.3) is 11.1 Å². The summed E-state index contributed by atoms with van der Waals surface area (Å²) in [5.41, 5.74) is -0.832.